The van der Waals surface area contributed by atoms with Crippen LogP contribution in [0.5, 0.6) is 5.75 Å². The van der Waals surface area contributed by atoms with E-state index in [1.807, 2.05) is 44.4 Å². The molecule has 0 aliphatic carbocycles. The maximum absolute atomic E-state index is 12.4. The van der Waals surface area contributed by atoms with Crippen molar-refractivity contribution in [2.24, 2.45) is 5.41 Å². The van der Waals surface area contributed by atoms with Gasteiger partial charge in [0.25, 0.3) is 0 Å². The second-order valence-corrected chi connectivity index (χ2v) is 7.22. The van der Waals surface area contributed by atoms with Gasteiger partial charge in [0.05, 0.1) is 32.6 Å². The standard InChI is InChI=1S/C19H26N4O3/c1-14(21-18(24)22(3)11-19(2)12-26-13-19)15-9-20-23(10-15)16-7-5-6-8-17(16)25-4/h5-10,14H,11-13H2,1-4H3,(H,21,24)/t14-/m0/s1. The van der Waals surface area contributed by atoms with Crippen LogP contribution >= 0.6 is 0 Å². The molecule has 0 unspecified atom stereocenters. The third kappa shape index (κ3) is 3.83. The molecule has 1 fully saturated rings. The van der Waals surface area contributed by atoms with Gasteiger partial charge in [-0.15, -0.1) is 0 Å². The van der Waals surface area contributed by atoms with Crippen molar-refractivity contribution in [1.29, 1.82) is 0 Å². The van der Waals surface area contributed by atoms with E-state index in [0.29, 0.717) is 19.8 Å². The lowest BCUT2D eigenvalue weighted by Crippen LogP contribution is -2.51. The van der Waals surface area contributed by atoms with E-state index in [1.165, 1.54) is 0 Å². The van der Waals surface area contributed by atoms with Gasteiger partial charge in [0.1, 0.15) is 11.4 Å². The van der Waals surface area contributed by atoms with Gasteiger partial charge < -0.3 is 19.7 Å². The number of urea groups is 1. The van der Waals surface area contributed by atoms with Crippen LogP contribution in [-0.2, 0) is 4.74 Å². The van der Waals surface area contributed by atoms with Crippen molar-refractivity contribution < 1.29 is 14.3 Å². The van der Waals surface area contributed by atoms with Crippen molar-refractivity contribution >= 4 is 6.03 Å². The first-order valence-electron chi connectivity index (χ1n) is 8.69. The van der Waals surface area contributed by atoms with E-state index in [2.05, 4.69) is 17.3 Å². The molecule has 2 amide bonds. The normalized spacial score (nSPS) is 16.5. The topological polar surface area (TPSA) is 68.6 Å². The number of hydrogen-bond donors (Lipinski definition) is 1. The Kier molecular flexibility index (Phi) is 5.18. The lowest BCUT2D eigenvalue weighted by Gasteiger charge is -2.40. The molecule has 7 nitrogen and oxygen atoms in total. The van der Waals surface area contributed by atoms with Gasteiger partial charge >= 0.3 is 6.03 Å². The maximum atomic E-state index is 12.4. The largest absolute Gasteiger partial charge is 0.494 e. The molecule has 0 radical (unpaired) electrons. The van der Waals surface area contributed by atoms with Crippen LogP contribution in [0.15, 0.2) is 36.7 Å². The molecule has 2 heterocycles. The number of carbonyl (C=O) groups is 1. The van der Waals surface area contributed by atoms with Crippen molar-refractivity contribution in [2.75, 3.05) is 33.9 Å². The van der Waals surface area contributed by atoms with E-state index in [9.17, 15) is 4.79 Å². The third-order valence-corrected chi connectivity index (χ3v) is 4.64. The smallest absolute Gasteiger partial charge is 0.317 e. The van der Waals surface area contributed by atoms with E-state index < -0.39 is 0 Å². The van der Waals surface area contributed by atoms with E-state index >= 15 is 0 Å². The van der Waals surface area contributed by atoms with Crippen LogP contribution in [0.4, 0.5) is 4.79 Å². The Morgan fingerprint density at radius 2 is 2.19 bits per heavy atom. The molecule has 1 aromatic carbocycles. The minimum Gasteiger partial charge on any atom is -0.494 e. The van der Waals surface area contributed by atoms with Crippen molar-refractivity contribution in [3.8, 4) is 11.4 Å². The van der Waals surface area contributed by atoms with Crippen LogP contribution in [-0.4, -0.2) is 54.6 Å². The Balaban J connectivity index is 1.64. The molecule has 7 heteroatoms. The van der Waals surface area contributed by atoms with Crippen molar-refractivity contribution in [3.63, 3.8) is 0 Å². The molecule has 0 spiro atoms. The van der Waals surface area contributed by atoms with Gasteiger partial charge in [-0.3, -0.25) is 0 Å². The zero-order chi connectivity index (χ0) is 18.7. The van der Waals surface area contributed by atoms with Crippen LogP contribution in [0.2, 0.25) is 0 Å². The number of para-hydroxylation sites is 2. The number of methoxy groups -OCH3 is 1. The molecule has 1 aromatic heterocycles. The third-order valence-electron chi connectivity index (χ3n) is 4.64. The molecule has 1 aliphatic heterocycles. The number of rotatable bonds is 6. The van der Waals surface area contributed by atoms with E-state index in [-0.39, 0.29) is 17.5 Å². The first-order valence-corrected chi connectivity index (χ1v) is 8.69. The van der Waals surface area contributed by atoms with E-state index in [0.717, 1.165) is 17.0 Å². The van der Waals surface area contributed by atoms with Crippen LogP contribution < -0.4 is 10.1 Å². The number of aromatic nitrogens is 2. The second-order valence-electron chi connectivity index (χ2n) is 7.22. The quantitative estimate of drug-likeness (QED) is 0.862. The summed E-state index contributed by atoms with van der Waals surface area (Å²) in [4.78, 5) is 14.2. The van der Waals surface area contributed by atoms with Gasteiger partial charge in [-0.05, 0) is 19.1 Å². The monoisotopic (exact) mass is 358 g/mol. The van der Waals surface area contributed by atoms with Gasteiger partial charge in [-0.1, -0.05) is 19.1 Å². The molecule has 0 saturated carbocycles. The molecule has 1 N–H and O–H groups in total. The fourth-order valence-corrected chi connectivity index (χ4v) is 3.08. The summed E-state index contributed by atoms with van der Waals surface area (Å²) in [7, 11) is 3.44. The predicted molar refractivity (Wildman–Crippen MR) is 98.6 cm³/mol. The summed E-state index contributed by atoms with van der Waals surface area (Å²) >= 11 is 0. The van der Waals surface area contributed by atoms with Gasteiger partial charge in [-0.2, -0.15) is 5.10 Å². The second kappa shape index (κ2) is 7.37. The molecular formula is C19H26N4O3. The Morgan fingerprint density at radius 1 is 1.46 bits per heavy atom. The molecule has 26 heavy (non-hydrogen) atoms. The Labute approximate surface area is 153 Å². The minimum atomic E-state index is -0.154. The summed E-state index contributed by atoms with van der Waals surface area (Å²) in [6.45, 7) is 6.15. The van der Waals surface area contributed by atoms with E-state index in [1.54, 1.807) is 22.9 Å². The van der Waals surface area contributed by atoms with Crippen LogP contribution in [0.1, 0.15) is 25.5 Å². The molecule has 1 saturated heterocycles. The first kappa shape index (κ1) is 18.3. The Bertz CT molecular complexity index is 770. The zero-order valence-electron chi connectivity index (χ0n) is 15.7. The average molecular weight is 358 g/mol. The van der Waals surface area contributed by atoms with Crippen LogP contribution in [0.3, 0.4) is 0 Å². The summed E-state index contributed by atoms with van der Waals surface area (Å²) in [6.07, 6.45) is 3.67. The summed E-state index contributed by atoms with van der Waals surface area (Å²) in [5.74, 6) is 0.745. The number of amides is 2. The average Bonchev–Trinajstić information content (AvgIpc) is 3.10. The van der Waals surface area contributed by atoms with Crippen LogP contribution in [0, 0.1) is 5.41 Å². The summed E-state index contributed by atoms with van der Waals surface area (Å²) in [6, 6.07) is 7.42. The van der Waals surface area contributed by atoms with Crippen LogP contribution in [0.25, 0.3) is 5.69 Å². The molecule has 3 rings (SSSR count). The highest BCUT2D eigenvalue weighted by atomic mass is 16.5. The molecule has 0 bridgehead atoms. The van der Waals surface area contributed by atoms with Gasteiger partial charge in [0, 0.05) is 30.8 Å². The Morgan fingerprint density at radius 3 is 2.85 bits per heavy atom. The summed E-state index contributed by atoms with van der Waals surface area (Å²) in [5, 5.41) is 7.43. The van der Waals surface area contributed by atoms with Gasteiger partial charge in [0.15, 0.2) is 0 Å². The number of hydrogen-bond acceptors (Lipinski definition) is 4. The Hall–Kier alpha value is -2.54. The zero-order valence-corrected chi connectivity index (χ0v) is 15.7. The summed E-state index contributed by atoms with van der Waals surface area (Å²) < 4.78 is 12.4. The highest BCUT2D eigenvalue weighted by Gasteiger charge is 2.35. The van der Waals surface area contributed by atoms with E-state index in [4.69, 9.17) is 9.47 Å². The van der Waals surface area contributed by atoms with Gasteiger partial charge in [-0.25, -0.2) is 9.48 Å². The molecule has 2 aromatic rings. The van der Waals surface area contributed by atoms with Crippen molar-refractivity contribution in [2.45, 2.75) is 19.9 Å². The number of benzene rings is 1. The fourth-order valence-electron chi connectivity index (χ4n) is 3.08. The molecule has 140 valence electrons. The lowest BCUT2D eigenvalue weighted by atomic mass is 9.88. The molecule has 1 atom stereocenters. The number of nitrogens with one attached hydrogen (secondary N) is 1. The number of carbonyl (C=O) groups excluding carboxylic acids is 1. The van der Waals surface area contributed by atoms with Gasteiger partial charge in [0.2, 0.25) is 0 Å². The highest BCUT2D eigenvalue weighted by Crippen LogP contribution is 2.27. The number of ether oxygens (including phenoxy) is 2. The molecule has 1 aliphatic rings. The SMILES string of the molecule is COc1ccccc1-n1cc([C@H](C)NC(=O)N(C)CC2(C)COC2)cn1. The summed E-state index contributed by atoms with van der Waals surface area (Å²) in [5.41, 5.74) is 1.84. The van der Waals surface area contributed by atoms with Crippen molar-refractivity contribution in [3.05, 3.63) is 42.2 Å². The number of nitrogens with zero attached hydrogens (tertiary/aromatic N) is 3. The maximum Gasteiger partial charge on any atom is 0.317 e. The first-order chi connectivity index (χ1) is 12.4. The molecular weight excluding hydrogens is 332 g/mol. The minimum absolute atomic E-state index is 0.0596. The highest BCUT2D eigenvalue weighted by molar-refractivity contribution is 5.74. The fraction of sp³-hybridized carbons (Fsp3) is 0.474. The van der Waals surface area contributed by atoms with Crippen molar-refractivity contribution in [1.82, 2.24) is 20.0 Å². The predicted octanol–water partition coefficient (Wildman–Crippen LogP) is 2.62. The lowest BCUT2D eigenvalue weighted by molar-refractivity contribution is -0.108.